The summed E-state index contributed by atoms with van der Waals surface area (Å²) >= 11 is 0. The molecule has 0 aromatic carbocycles. The maximum absolute atomic E-state index is 5.10. The summed E-state index contributed by atoms with van der Waals surface area (Å²) in [4.78, 5) is 10.2. The Labute approximate surface area is 74.5 Å². The van der Waals surface area contributed by atoms with E-state index < -0.39 is 0 Å². The highest BCUT2D eigenvalue weighted by Gasteiger charge is 2.23. The summed E-state index contributed by atoms with van der Waals surface area (Å²) < 4.78 is 0. The number of allylic oxidation sites excluding steroid dienone is 2. The molecule has 2 heteroatoms. The third-order valence-corrected chi connectivity index (χ3v) is 2.75. The van der Waals surface area contributed by atoms with Crippen molar-refractivity contribution in [1.29, 1.82) is 0 Å². The fourth-order valence-corrected chi connectivity index (χ4v) is 1.81. The van der Waals surface area contributed by atoms with Gasteiger partial charge in [0.15, 0.2) is 0 Å². The van der Waals surface area contributed by atoms with Gasteiger partial charge in [0.05, 0.1) is 6.61 Å². The molecule has 0 N–H and O–H groups in total. The lowest BCUT2D eigenvalue weighted by Gasteiger charge is -2.19. The maximum Gasteiger partial charge on any atom is 0.138 e. The molecule has 12 heavy (non-hydrogen) atoms. The molecule has 2 unspecified atom stereocenters. The minimum Gasteiger partial charge on any atom is -0.342 e. The van der Waals surface area contributed by atoms with Crippen molar-refractivity contribution < 1.29 is 9.78 Å². The molecule has 2 atom stereocenters. The van der Waals surface area contributed by atoms with Crippen molar-refractivity contribution >= 4 is 0 Å². The van der Waals surface area contributed by atoms with Crippen molar-refractivity contribution in [1.82, 2.24) is 0 Å². The molecule has 0 fully saturated rings. The van der Waals surface area contributed by atoms with Crippen LogP contribution < -0.4 is 0 Å². The van der Waals surface area contributed by atoms with Crippen LogP contribution in [0, 0.1) is 11.8 Å². The smallest absolute Gasteiger partial charge is 0.138 e. The zero-order chi connectivity index (χ0) is 9.14. The summed E-state index contributed by atoms with van der Waals surface area (Å²) in [5.41, 5.74) is 1.34. The molecule has 1 heterocycles. The molecule has 0 saturated carbocycles. The van der Waals surface area contributed by atoms with Gasteiger partial charge in [-0.15, -0.1) is 0 Å². The standard InChI is InChI=1S/C10H18O2/c1-5-10-7(2)6-11-12-9(4)8(10)3/h7,10H,5-6H2,1-4H3. The van der Waals surface area contributed by atoms with Gasteiger partial charge in [0, 0.05) is 0 Å². The van der Waals surface area contributed by atoms with Gasteiger partial charge >= 0.3 is 0 Å². The monoisotopic (exact) mass is 170 g/mol. The average molecular weight is 170 g/mol. The Morgan fingerprint density at radius 1 is 1.42 bits per heavy atom. The first-order valence-corrected chi connectivity index (χ1v) is 4.63. The van der Waals surface area contributed by atoms with Crippen molar-refractivity contribution in [3.05, 3.63) is 11.3 Å². The number of hydrogen-bond acceptors (Lipinski definition) is 2. The van der Waals surface area contributed by atoms with Gasteiger partial charge in [-0.25, -0.2) is 0 Å². The van der Waals surface area contributed by atoms with Crippen LogP contribution in [0.2, 0.25) is 0 Å². The Bertz CT molecular complexity index is 184. The van der Waals surface area contributed by atoms with Gasteiger partial charge < -0.3 is 4.89 Å². The third-order valence-electron chi connectivity index (χ3n) is 2.75. The normalized spacial score (nSPS) is 31.3. The zero-order valence-corrected chi connectivity index (χ0v) is 8.39. The van der Waals surface area contributed by atoms with Gasteiger partial charge in [0.25, 0.3) is 0 Å². The molecule has 0 spiro atoms. The number of hydrogen-bond donors (Lipinski definition) is 0. The molecule has 70 valence electrons. The SMILES string of the molecule is CCC1C(C)=C(C)OOCC1C. The second-order valence-corrected chi connectivity index (χ2v) is 3.60. The zero-order valence-electron chi connectivity index (χ0n) is 8.39. The molecule has 1 rings (SSSR count). The first-order valence-electron chi connectivity index (χ1n) is 4.63. The molecular weight excluding hydrogens is 152 g/mol. The largest absolute Gasteiger partial charge is 0.342 e. The van der Waals surface area contributed by atoms with E-state index in [-0.39, 0.29) is 0 Å². The second-order valence-electron chi connectivity index (χ2n) is 3.60. The van der Waals surface area contributed by atoms with Crippen LogP contribution in [0.3, 0.4) is 0 Å². The van der Waals surface area contributed by atoms with Gasteiger partial charge in [-0.2, -0.15) is 4.89 Å². The lowest BCUT2D eigenvalue weighted by molar-refractivity contribution is -0.265. The van der Waals surface area contributed by atoms with Crippen molar-refractivity contribution in [2.24, 2.45) is 11.8 Å². The topological polar surface area (TPSA) is 18.5 Å². The van der Waals surface area contributed by atoms with E-state index in [1.54, 1.807) is 0 Å². The summed E-state index contributed by atoms with van der Waals surface area (Å²) in [6, 6.07) is 0. The van der Waals surface area contributed by atoms with E-state index in [2.05, 4.69) is 20.8 Å². The van der Waals surface area contributed by atoms with Crippen LogP contribution in [-0.4, -0.2) is 6.61 Å². The first-order chi connectivity index (χ1) is 5.66. The minimum absolute atomic E-state index is 0.562. The fourth-order valence-electron chi connectivity index (χ4n) is 1.81. The number of rotatable bonds is 1. The van der Waals surface area contributed by atoms with Crippen LogP contribution in [0.1, 0.15) is 34.1 Å². The van der Waals surface area contributed by atoms with Crippen molar-refractivity contribution in [3.63, 3.8) is 0 Å². The summed E-state index contributed by atoms with van der Waals surface area (Å²) in [5.74, 6) is 2.12. The Balaban J connectivity index is 2.81. The Hall–Kier alpha value is -0.500. The third kappa shape index (κ3) is 1.81. The van der Waals surface area contributed by atoms with Crippen molar-refractivity contribution in [2.75, 3.05) is 6.61 Å². The van der Waals surface area contributed by atoms with Gasteiger partial charge in [-0.05, 0) is 37.7 Å². The highest BCUT2D eigenvalue weighted by atomic mass is 17.2. The molecule has 0 saturated heterocycles. The maximum atomic E-state index is 5.10. The molecule has 1 aliphatic heterocycles. The summed E-state index contributed by atoms with van der Waals surface area (Å²) in [6.07, 6.45) is 1.16. The van der Waals surface area contributed by atoms with Crippen LogP contribution in [0.5, 0.6) is 0 Å². The molecular formula is C10H18O2. The van der Waals surface area contributed by atoms with Crippen molar-refractivity contribution in [2.45, 2.75) is 34.1 Å². The van der Waals surface area contributed by atoms with Gasteiger partial charge in [0.1, 0.15) is 5.76 Å². The highest BCUT2D eigenvalue weighted by molar-refractivity contribution is 5.09. The van der Waals surface area contributed by atoms with E-state index in [0.29, 0.717) is 18.4 Å². The minimum atomic E-state index is 0.562. The van der Waals surface area contributed by atoms with Gasteiger partial charge in [-0.3, -0.25) is 0 Å². The second kappa shape index (κ2) is 3.94. The highest BCUT2D eigenvalue weighted by Crippen LogP contribution is 2.29. The Morgan fingerprint density at radius 2 is 2.08 bits per heavy atom. The molecule has 0 aromatic heterocycles. The van der Waals surface area contributed by atoms with Crippen molar-refractivity contribution in [3.8, 4) is 0 Å². The van der Waals surface area contributed by atoms with E-state index in [1.807, 2.05) is 6.92 Å². The van der Waals surface area contributed by atoms with Crippen LogP contribution >= 0.6 is 0 Å². The lowest BCUT2D eigenvalue weighted by atomic mass is 9.86. The molecule has 1 aliphatic rings. The van der Waals surface area contributed by atoms with Crippen LogP contribution in [-0.2, 0) is 9.78 Å². The van der Waals surface area contributed by atoms with Crippen LogP contribution in [0.15, 0.2) is 11.3 Å². The summed E-state index contributed by atoms with van der Waals surface area (Å²) in [7, 11) is 0. The summed E-state index contributed by atoms with van der Waals surface area (Å²) in [5, 5.41) is 0. The van der Waals surface area contributed by atoms with E-state index >= 15 is 0 Å². The van der Waals surface area contributed by atoms with Crippen LogP contribution in [0.25, 0.3) is 0 Å². The quantitative estimate of drug-likeness (QED) is 0.563. The first kappa shape index (κ1) is 9.59. The van der Waals surface area contributed by atoms with Crippen LogP contribution in [0.4, 0.5) is 0 Å². The Kier molecular flexibility index (Phi) is 3.15. The predicted octanol–water partition coefficient (Wildman–Crippen LogP) is 2.90. The molecule has 0 aromatic rings. The predicted molar refractivity (Wildman–Crippen MR) is 48.4 cm³/mol. The van der Waals surface area contributed by atoms with E-state index in [4.69, 9.17) is 9.78 Å². The molecule has 0 amide bonds. The Morgan fingerprint density at radius 3 is 2.67 bits per heavy atom. The van der Waals surface area contributed by atoms with E-state index in [0.717, 1.165) is 12.2 Å². The van der Waals surface area contributed by atoms with Gasteiger partial charge in [0.2, 0.25) is 0 Å². The molecule has 2 nitrogen and oxygen atoms in total. The van der Waals surface area contributed by atoms with Gasteiger partial charge in [-0.1, -0.05) is 13.8 Å². The van der Waals surface area contributed by atoms with E-state index in [1.165, 1.54) is 5.57 Å². The average Bonchev–Trinajstić information content (AvgIpc) is 2.14. The van der Waals surface area contributed by atoms with E-state index in [9.17, 15) is 0 Å². The molecule has 0 radical (unpaired) electrons. The molecule has 0 bridgehead atoms. The lowest BCUT2D eigenvalue weighted by Crippen LogP contribution is -2.15. The summed E-state index contributed by atoms with van der Waals surface area (Å²) in [6.45, 7) is 9.22. The fraction of sp³-hybridized carbons (Fsp3) is 0.800. The molecule has 0 aliphatic carbocycles.